The number of rotatable bonds is 8. The molecule has 1 aromatic carbocycles. The molecule has 1 fully saturated rings. The molecule has 1 aliphatic rings. The summed E-state index contributed by atoms with van der Waals surface area (Å²) in [4.78, 5) is 26.2. The van der Waals surface area contributed by atoms with Gasteiger partial charge in [0.05, 0.1) is 18.6 Å². The highest BCUT2D eigenvalue weighted by Crippen LogP contribution is 2.19. The van der Waals surface area contributed by atoms with Crippen molar-refractivity contribution in [3.05, 3.63) is 34.9 Å². The van der Waals surface area contributed by atoms with E-state index in [2.05, 4.69) is 5.32 Å². The Balaban J connectivity index is 1.78. The highest BCUT2D eigenvalue weighted by atomic mass is 35.5. The maximum Gasteiger partial charge on any atom is 0.224 e. The van der Waals surface area contributed by atoms with Gasteiger partial charge in [0.2, 0.25) is 11.8 Å². The van der Waals surface area contributed by atoms with Gasteiger partial charge in [-0.3, -0.25) is 9.59 Å². The third-order valence-corrected chi connectivity index (χ3v) is 4.56. The third-order valence-electron chi connectivity index (χ3n) is 4.31. The van der Waals surface area contributed by atoms with E-state index in [0.29, 0.717) is 44.1 Å². The molecule has 1 aromatic rings. The summed E-state index contributed by atoms with van der Waals surface area (Å²) in [5, 5.41) is 3.61. The van der Waals surface area contributed by atoms with Gasteiger partial charge in [-0.1, -0.05) is 23.7 Å². The Morgan fingerprint density at radius 3 is 2.76 bits per heavy atom. The first-order chi connectivity index (χ1) is 12.0. The fraction of sp³-hybridized carbons (Fsp3) is 0.579. The SMILES string of the molecule is CC(C)OCCNC(=O)C1CCC(=O)N(CCc2ccc(Cl)cc2)C1. The fourth-order valence-corrected chi connectivity index (χ4v) is 3.00. The second-order valence-electron chi connectivity index (χ2n) is 6.66. The van der Waals surface area contributed by atoms with Crippen LogP contribution in [0.1, 0.15) is 32.3 Å². The van der Waals surface area contributed by atoms with Gasteiger partial charge in [0.25, 0.3) is 0 Å². The third kappa shape index (κ3) is 6.67. The van der Waals surface area contributed by atoms with Gasteiger partial charge < -0.3 is 15.0 Å². The van der Waals surface area contributed by atoms with Crippen LogP contribution in [0.4, 0.5) is 0 Å². The average Bonchev–Trinajstić information content (AvgIpc) is 2.59. The second-order valence-corrected chi connectivity index (χ2v) is 7.10. The lowest BCUT2D eigenvalue weighted by molar-refractivity contribution is -0.138. The molecule has 1 atom stereocenters. The summed E-state index contributed by atoms with van der Waals surface area (Å²) in [7, 11) is 0. The molecule has 1 saturated heterocycles. The van der Waals surface area contributed by atoms with Crippen LogP contribution in [0.25, 0.3) is 0 Å². The molecule has 138 valence electrons. The van der Waals surface area contributed by atoms with E-state index in [4.69, 9.17) is 16.3 Å². The van der Waals surface area contributed by atoms with Crippen LogP contribution in [0.15, 0.2) is 24.3 Å². The summed E-state index contributed by atoms with van der Waals surface area (Å²) in [5.41, 5.74) is 1.13. The minimum absolute atomic E-state index is 0.0105. The molecular formula is C19H27ClN2O3. The monoisotopic (exact) mass is 366 g/mol. The first-order valence-corrected chi connectivity index (χ1v) is 9.25. The zero-order chi connectivity index (χ0) is 18.2. The molecule has 0 radical (unpaired) electrons. The van der Waals surface area contributed by atoms with Crippen molar-refractivity contribution < 1.29 is 14.3 Å². The van der Waals surface area contributed by atoms with Crippen LogP contribution in [0, 0.1) is 5.92 Å². The van der Waals surface area contributed by atoms with Gasteiger partial charge in [0.15, 0.2) is 0 Å². The first-order valence-electron chi connectivity index (χ1n) is 8.87. The Bertz CT molecular complexity index is 575. The van der Waals surface area contributed by atoms with Crippen molar-refractivity contribution in [2.24, 2.45) is 5.92 Å². The van der Waals surface area contributed by atoms with E-state index < -0.39 is 0 Å². The van der Waals surface area contributed by atoms with E-state index >= 15 is 0 Å². The standard InChI is InChI=1S/C19H27ClN2O3/c1-14(2)25-12-10-21-19(24)16-5-8-18(23)22(13-16)11-9-15-3-6-17(20)7-4-15/h3-4,6-7,14,16H,5,8-13H2,1-2H3,(H,21,24). The van der Waals surface area contributed by atoms with Crippen molar-refractivity contribution in [1.29, 1.82) is 0 Å². The summed E-state index contributed by atoms with van der Waals surface area (Å²) in [6.07, 6.45) is 1.97. The smallest absolute Gasteiger partial charge is 0.224 e. The van der Waals surface area contributed by atoms with Crippen LogP contribution >= 0.6 is 11.6 Å². The van der Waals surface area contributed by atoms with Crippen molar-refractivity contribution in [2.45, 2.75) is 39.2 Å². The molecule has 0 aromatic heterocycles. The van der Waals surface area contributed by atoms with Gasteiger partial charge in [0.1, 0.15) is 0 Å². The Morgan fingerprint density at radius 2 is 2.08 bits per heavy atom. The molecule has 1 aliphatic heterocycles. The number of nitrogens with zero attached hydrogens (tertiary/aromatic N) is 1. The van der Waals surface area contributed by atoms with Crippen LogP contribution < -0.4 is 5.32 Å². The molecular weight excluding hydrogens is 340 g/mol. The largest absolute Gasteiger partial charge is 0.377 e. The number of halogens is 1. The van der Waals surface area contributed by atoms with E-state index in [1.807, 2.05) is 38.1 Å². The maximum atomic E-state index is 12.3. The summed E-state index contributed by atoms with van der Waals surface area (Å²) in [5.74, 6) is -0.000489. The Labute approximate surface area is 154 Å². The number of hydrogen-bond donors (Lipinski definition) is 1. The predicted molar refractivity (Wildman–Crippen MR) is 98.6 cm³/mol. The van der Waals surface area contributed by atoms with Gasteiger partial charge in [-0.2, -0.15) is 0 Å². The van der Waals surface area contributed by atoms with E-state index in [9.17, 15) is 9.59 Å². The van der Waals surface area contributed by atoms with Gasteiger partial charge in [-0.05, 0) is 44.4 Å². The van der Waals surface area contributed by atoms with E-state index in [1.54, 1.807) is 4.90 Å². The molecule has 0 saturated carbocycles. The molecule has 2 amide bonds. The number of benzene rings is 1. The molecule has 1 N–H and O–H groups in total. The normalized spacial score (nSPS) is 17.8. The minimum Gasteiger partial charge on any atom is -0.377 e. The number of carbonyl (C=O) groups excluding carboxylic acids is 2. The van der Waals surface area contributed by atoms with Crippen molar-refractivity contribution in [3.63, 3.8) is 0 Å². The number of ether oxygens (including phenoxy) is 1. The zero-order valence-electron chi connectivity index (χ0n) is 15.0. The molecule has 2 rings (SSSR count). The van der Waals surface area contributed by atoms with Crippen molar-refractivity contribution in [1.82, 2.24) is 10.2 Å². The lowest BCUT2D eigenvalue weighted by Crippen LogP contribution is -2.46. The molecule has 0 aliphatic carbocycles. The molecule has 1 unspecified atom stereocenters. The van der Waals surface area contributed by atoms with Crippen molar-refractivity contribution in [2.75, 3.05) is 26.2 Å². The van der Waals surface area contributed by atoms with E-state index in [1.165, 1.54) is 0 Å². The topological polar surface area (TPSA) is 58.6 Å². The number of carbonyl (C=O) groups is 2. The minimum atomic E-state index is -0.137. The Hall–Kier alpha value is -1.59. The predicted octanol–water partition coefficient (Wildman–Crippen LogP) is 2.66. The Morgan fingerprint density at radius 1 is 1.36 bits per heavy atom. The van der Waals surface area contributed by atoms with Crippen LogP contribution in [-0.4, -0.2) is 49.1 Å². The molecule has 0 spiro atoms. The maximum absolute atomic E-state index is 12.3. The second kappa shape index (κ2) is 9.78. The first kappa shape index (κ1) is 19.7. The fourth-order valence-electron chi connectivity index (χ4n) is 2.87. The summed E-state index contributed by atoms with van der Waals surface area (Å²) in [6, 6.07) is 7.64. The highest BCUT2D eigenvalue weighted by molar-refractivity contribution is 6.30. The molecule has 5 nitrogen and oxygen atoms in total. The summed E-state index contributed by atoms with van der Waals surface area (Å²) >= 11 is 5.89. The van der Waals surface area contributed by atoms with Crippen LogP contribution in [0.2, 0.25) is 5.02 Å². The zero-order valence-corrected chi connectivity index (χ0v) is 15.7. The van der Waals surface area contributed by atoms with Crippen molar-refractivity contribution in [3.8, 4) is 0 Å². The molecule has 6 heteroatoms. The van der Waals surface area contributed by atoms with Gasteiger partial charge in [-0.25, -0.2) is 0 Å². The summed E-state index contributed by atoms with van der Waals surface area (Å²) in [6.45, 7) is 6.06. The lowest BCUT2D eigenvalue weighted by atomic mass is 9.96. The quantitative estimate of drug-likeness (QED) is 0.719. The van der Waals surface area contributed by atoms with Crippen LogP contribution in [-0.2, 0) is 20.7 Å². The number of nitrogens with one attached hydrogen (secondary N) is 1. The van der Waals surface area contributed by atoms with Gasteiger partial charge in [-0.15, -0.1) is 0 Å². The Kier molecular flexibility index (Phi) is 7.72. The van der Waals surface area contributed by atoms with E-state index in [-0.39, 0.29) is 23.8 Å². The van der Waals surface area contributed by atoms with Gasteiger partial charge in [0, 0.05) is 31.1 Å². The number of likely N-dealkylation sites (tertiary alicyclic amines) is 1. The molecule has 25 heavy (non-hydrogen) atoms. The summed E-state index contributed by atoms with van der Waals surface area (Å²) < 4.78 is 5.43. The average molecular weight is 367 g/mol. The lowest BCUT2D eigenvalue weighted by Gasteiger charge is -2.32. The molecule has 1 heterocycles. The van der Waals surface area contributed by atoms with Gasteiger partial charge >= 0.3 is 0 Å². The number of piperidine rings is 1. The highest BCUT2D eigenvalue weighted by Gasteiger charge is 2.29. The van der Waals surface area contributed by atoms with Crippen molar-refractivity contribution >= 4 is 23.4 Å². The number of hydrogen-bond acceptors (Lipinski definition) is 3. The van der Waals surface area contributed by atoms with Crippen LogP contribution in [0.3, 0.4) is 0 Å². The van der Waals surface area contributed by atoms with Crippen LogP contribution in [0.5, 0.6) is 0 Å². The van der Waals surface area contributed by atoms with E-state index in [0.717, 1.165) is 12.0 Å². The number of amides is 2. The molecule has 0 bridgehead atoms.